The van der Waals surface area contributed by atoms with Gasteiger partial charge in [-0.15, -0.1) is 0 Å². The van der Waals surface area contributed by atoms with Crippen molar-refractivity contribution in [2.45, 2.75) is 13.3 Å². The zero-order valence-corrected chi connectivity index (χ0v) is 19.8. The van der Waals surface area contributed by atoms with Crippen LogP contribution in [0.15, 0.2) is 84.0 Å². The molecule has 6 amide bonds. The molecule has 3 N–H and O–H groups in total. The summed E-state index contributed by atoms with van der Waals surface area (Å²) in [5, 5.41) is 8.65. The Balaban J connectivity index is 1.36. The van der Waals surface area contributed by atoms with E-state index in [1.807, 2.05) is 30.3 Å². The molecule has 0 bridgehead atoms. The summed E-state index contributed by atoms with van der Waals surface area (Å²) in [4.78, 5) is 63.0. The normalized spacial score (nSPS) is 15.4. The maximum atomic E-state index is 12.9. The average Bonchev–Trinajstić information content (AvgIpc) is 2.88. The van der Waals surface area contributed by atoms with Gasteiger partial charge in [-0.3, -0.25) is 24.5 Å². The number of nitrogens with zero attached hydrogens (tertiary/aromatic N) is 2. The lowest BCUT2D eigenvalue weighted by molar-refractivity contribution is -0.131. The molecule has 3 aromatic carbocycles. The number of amides is 6. The van der Waals surface area contributed by atoms with Gasteiger partial charge in [-0.25, -0.2) is 15.1 Å². The van der Waals surface area contributed by atoms with E-state index in [0.29, 0.717) is 16.9 Å². The van der Waals surface area contributed by atoms with Crippen molar-refractivity contribution in [2.24, 2.45) is 11.0 Å². The second kappa shape index (κ2) is 11.1. The fraction of sp³-hybridized carbons (Fsp3) is 0.111. The average molecular weight is 498 g/mol. The highest BCUT2D eigenvalue weighted by Crippen LogP contribution is 2.23. The predicted octanol–water partition coefficient (Wildman–Crippen LogP) is 2.79. The third-order valence-electron chi connectivity index (χ3n) is 5.59. The molecule has 0 saturated carbocycles. The van der Waals surface area contributed by atoms with E-state index in [1.165, 1.54) is 12.1 Å². The maximum Gasteiger partial charge on any atom is 0.335 e. The van der Waals surface area contributed by atoms with Crippen LogP contribution in [0.1, 0.15) is 21.5 Å². The van der Waals surface area contributed by atoms with Crippen molar-refractivity contribution in [1.29, 1.82) is 0 Å². The summed E-state index contributed by atoms with van der Waals surface area (Å²) in [6.07, 6.45) is 1.20. The van der Waals surface area contributed by atoms with Gasteiger partial charge in [-0.05, 0) is 48.4 Å². The van der Waals surface area contributed by atoms with E-state index < -0.39 is 29.7 Å². The Bertz CT molecular complexity index is 1390. The van der Waals surface area contributed by atoms with Gasteiger partial charge in [0.25, 0.3) is 11.8 Å². The lowest BCUT2D eigenvalue weighted by atomic mass is 10.0. The molecule has 4 rings (SSSR count). The number of hydrogen-bond donors (Lipinski definition) is 3. The van der Waals surface area contributed by atoms with Crippen LogP contribution in [-0.4, -0.2) is 35.9 Å². The molecular weight excluding hydrogens is 474 g/mol. The topological polar surface area (TPSA) is 137 Å². The maximum absolute atomic E-state index is 12.9. The smallest absolute Gasteiger partial charge is 0.326 e. The summed E-state index contributed by atoms with van der Waals surface area (Å²) in [5.74, 6) is -3.81. The summed E-state index contributed by atoms with van der Waals surface area (Å²) in [6, 6.07) is 21.3. The summed E-state index contributed by atoms with van der Waals surface area (Å²) in [7, 11) is 0. The van der Waals surface area contributed by atoms with E-state index in [0.717, 1.165) is 16.7 Å². The zero-order chi connectivity index (χ0) is 26.4. The highest BCUT2D eigenvalue weighted by molar-refractivity contribution is 6.32. The quantitative estimate of drug-likeness (QED) is 0.262. The number of carbonyl (C=O) groups excluding carboxylic acids is 5. The number of hydrazone groups is 1. The number of hydrogen-bond acceptors (Lipinski definition) is 6. The molecule has 0 aliphatic carbocycles. The largest absolute Gasteiger partial charge is 0.335 e. The number of carbonyl (C=O) groups is 5. The Morgan fingerprint density at radius 2 is 1.62 bits per heavy atom. The summed E-state index contributed by atoms with van der Waals surface area (Å²) in [6.45, 7) is 1.73. The summed E-state index contributed by atoms with van der Waals surface area (Å²) < 4.78 is 0. The molecule has 10 nitrogen and oxygen atoms in total. The summed E-state index contributed by atoms with van der Waals surface area (Å²) >= 11 is 0. The molecule has 0 radical (unpaired) electrons. The van der Waals surface area contributed by atoms with Crippen LogP contribution in [0.3, 0.4) is 0 Å². The van der Waals surface area contributed by atoms with E-state index in [1.54, 1.807) is 43.3 Å². The van der Waals surface area contributed by atoms with Gasteiger partial charge in [0, 0.05) is 17.5 Å². The molecule has 1 fully saturated rings. The van der Waals surface area contributed by atoms with Crippen molar-refractivity contribution < 1.29 is 24.0 Å². The SMILES string of the molecule is Cc1ccccc1N1C(=O)NC(=O)[C@H](/C=N\NC(=O)c2ccc(NC(=O)Cc3ccccc3)cc2)C1=O. The Labute approximate surface area is 212 Å². The number of aryl methyl sites for hydroxylation is 1. The Hall–Kier alpha value is -5.12. The third kappa shape index (κ3) is 5.93. The standard InChI is InChI=1S/C27H23N5O5/c1-17-7-5-6-10-22(17)32-26(36)21(25(35)30-27(32)37)16-28-31-24(34)19-11-13-20(14-12-19)29-23(33)15-18-8-3-2-4-9-18/h2-14,16,21H,15H2,1H3,(H,29,33)(H,31,34)(H,30,35,37)/b28-16-/t21-/m0/s1. The molecule has 186 valence electrons. The molecule has 0 spiro atoms. The van der Waals surface area contributed by atoms with Crippen LogP contribution < -0.4 is 21.0 Å². The number of anilines is 2. The van der Waals surface area contributed by atoms with Crippen molar-refractivity contribution in [3.8, 4) is 0 Å². The van der Waals surface area contributed by atoms with Crippen LogP contribution in [0.2, 0.25) is 0 Å². The number of imide groups is 2. The Morgan fingerprint density at radius 3 is 2.32 bits per heavy atom. The van der Waals surface area contributed by atoms with Gasteiger partial charge < -0.3 is 5.32 Å². The first-order chi connectivity index (χ1) is 17.8. The van der Waals surface area contributed by atoms with Gasteiger partial charge in [-0.2, -0.15) is 5.10 Å². The fourth-order valence-corrected chi connectivity index (χ4v) is 3.69. The molecule has 0 unspecified atom stereocenters. The van der Waals surface area contributed by atoms with Crippen molar-refractivity contribution in [2.75, 3.05) is 10.2 Å². The number of nitrogens with one attached hydrogen (secondary N) is 3. The second-order valence-corrected chi connectivity index (χ2v) is 8.24. The van der Waals surface area contributed by atoms with Gasteiger partial charge in [0.05, 0.1) is 12.1 Å². The van der Waals surface area contributed by atoms with E-state index in [-0.39, 0.29) is 17.9 Å². The molecule has 1 aliphatic heterocycles. The number of rotatable bonds is 7. The first kappa shape index (κ1) is 25.0. The van der Waals surface area contributed by atoms with Gasteiger partial charge in [-0.1, -0.05) is 48.5 Å². The minimum atomic E-state index is -1.40. The lowest BCUT2D eigenvalue weighted by Gasteiger charge is -2.29. The minimum absolute atomic E-state index is 0.193. The fourth-order valence-electron chi connectivity index (χ4n) is 3.69. The number of barbiturate groups is 1. The molecular formula is C27H23N5O5. The predicted molar refractivity (Wildman–Crippen MR) is 137 cm³/mol. The van der Waals surface area contributed by atoms with E-state index >= 15 is 0 Å². The second-order valence-electron chi connectivity index (χ2n) is 8.24. The summed E-state index contributed by atoms with van der Waals surface area (Å²) in [5.41, 5.74) is 4.92. The van der Waals surface area contributed by atoms with Gasteiger partial charge in [0.2, 0.25) is 11.8 Å². The van der Waals surface area contributed by atoms with E-state index in [4.69, 9.17) is 0 Å². The number of benzene rings is 3. The molecule has 37 heavy (non-hydrogen) atoms. The van der Waals surface area contributed by atoms with Gasteiger partial charge in [0.15, 0.2) is 5.92 Å². The van der Waals surface area contributed by atoms with Crippen LogP contribution in [0, 0.1) is 12.8 Å². The minimum Gasteiger partial charge on any atom is -0.326 e. The van der Waals surface area contributed by atoms with Crippen molar-refractivity contribution in [3.63, 3.8) is 0 Å². The van der Waals surface area contributed by atoms with Gasteiger partial charge >= 0.3 is 6.03 Å². The van der Waals surface area contributed by atoms with Crippen LogP contribution in [0.5, 0.6) is 0 Å². The van der Waals surface area contributed by atoms with Crippen LogP contribution >= 0.6 is 0 Å². The van der Waals surface area contributed by atoms with Crippen LogP contribution in [0.4, 0.5) is 16.2 Å². The van der Waals surface area contributed by atoms with E-state index in [9.17, 15) is 24.0 Å². The molecule has 0 aromatic heterocycles. The molecule has 1 atom stereocenters. The first-order valence-electron chi connectivity index (χ1n) is 11.4. The third-order valence-corrected chi connectivity index (χ3v) is 5.59. The first-order valence-corrected chi connectivity index (χ1v) is 11.4. The van der Waals surface area contributed by atoms with Crippen molar-refractivity contribution in [3.05, 3.63) is 95.6 Å². The monoisotopic (exact) mass is 497 g/mol. The molecule has 1 heterocycles. The highest BCUT2D eigenvalue weighted by atomic mass is 16.2. The number of para-hydroxylation sites is 1. The Morgan fingerprint density at radius 1 is 0.946 bits per heavy atom. The van der Waals surface area contributed by atoms with Crippen LogP contribution in [-0.2, 0) is 20.8 Å². The van der Waals surface area contributed by atoms with E-state index in [2.05, 4.69) is 21.2 Å². The number of urea groups is 1. The molecule has 10 heteroatoms. The molecule has 1 saturated heterocycles. The lowest BCUT2D eigenvalue weighted by Crippen LogP contribution is -2.59. The van der Waals surface area contributed by atoms with Crippen molar-refractivity contribution in [1.82, 2.24) is 10.7 Å². The molecule has 1 aliphatic rings. The van der Waals surface area contributed by atoms with Crippen LogP contribution in [0.25, 0.3) is 0 Å². The molecule has 3 aromatic rings. The highest BCUT2D eigenvalue weighted by Gasteiger charge is 2.41. The zero-order valence-electron chi connectivity index (χ0n) is 19.8. The van der Waals surface area contributed by atoms with Crippen molar-refractivity contribution >= 4 is 47.2 Å². The Kier molecular flexibility index (Phi) is 7.48. The van der Waals surface area contributed by atoms with Gasteiger partial charge in [0.1, 0.15) is 0 Å².